The van der Waals surface area contributed by atoms with E-state index in [9.17, 15) is 9.90 Å². The van der Waals surface area contributed by atoms with Gasteiger partial charge in [0.25, 0.3) is 5.91 Å². The molecule has 4 aromatic carbocycles. The summed E-state index contributed by atoms with van der Waals surface area (Å²) in [4.78, 5) is 19.1. The number of ether oxygens (including phenoxy) is 2. The maximum absolute atomic E-state index is 14.3. The molecule has 2 aliphatic rings. The number of nitrogens with one attached hydrogen (secondary N) is 2. The van der Waals surface area contributed by atoms with Crippen LogP contribution in [0.25, 0.3) is 22.2 Å². The van der Waals surface area contributed by atoms with Crippen LogP contribution in [-0.4, -0.2) is 47.4 Å². The van der Waals surface area contributed by atoms with Gasteiger partial charge in [0.2, 0.25) is 0 Å². The van der Waals surface area contributed by atoms with Crippen LogP contribution >= 0.6 is 0 Å². The van der Waals surface area contributed by atoms with Crippen molar-refractivity contribution in [2.45, 2.75) is 69.2 Å². The summed E-state index contributed by atoms with van der Waals surface area (Å²) in [7, 11) is 1.63. The standard InChI is InChI=1S/C41H43N3O4/c1-3-27-18-19-39-32(22-27)36(25-41(48-39)20-11-21-41)42-26-37(45)35(23-28-12-5-4-6-13-28)44-40(46)31-24-34(30-15-8-10-17-38(30)47-2)43-33-16-9-7-14-29(31)33/h4-10,12-19,22,24,35-37,42,45H,3,11,20-21,23,25-26H2,1-2H3,(H,44,46)/t35-,36-,37+/m0/s1. The van der Waals surface area contributed by atoms with E-state index < -0.39 is 12.1 Å². The highest BCUT2D eigenvalue weighted by Crippen LogP contribution is 2.49. The fourth-order valence-corrected chi connectivity index (χ4v) is 7.16. The Morgan fingerprint density at radius 3 is 2.52 bits per heavy atom. The Hall–Kier alpha value is -4.72. The number of benzene rings is 4. The molecule has 0 bridgehead atoms. The summed E-state index contributed by atoms with van der Waals surface area (Å²) in [5, 5.41) is 19.5. The minimum atomic E-state index is -0.853. The molecule has 5 aromatic rings. The van der Waals surface area contributed by atoms with Gasteiger partial charge in [-0.1, -0.05) is 79.7 Å². The first kappa shape index (κ1) is 31.9. The SMILES string of the molecule is CCc1ccc2c(c1)[C@@H](NC[C@@H](O)[C@H](Cc1ccccc1)NC(=O)c1cc(-c3ccccc3OC)nc3ccccc13)CC1(CCC1)O2. The number of rotatable bonds is 11. The molecule has 7 heteroatoms. The molecule has 1 aromatic heterocycles. The van der Waals surface area contributed by atoms with Crippen LogP contribution in [-0.2, 0) is 12.8 Å². The smallest absolute Gasteiger partial charge is 0.252 e. The molecule has 2 heterocycles. The minimum absolute atomic E-state index is 0.0517. The summed E-state index contributed by atoms with van der Waals surface area (Å²) in [6, 6.07) is 33.1. The number of hydrogen-bond acceptors (Lipinski definition) is 6. The van der Waals surface area contributed by atoms with E-state index in [0.29, 0.717) is 35.5 Å². The maximum atomic E-state index is 14.3. The number of aromatic nitrogens is 1. The van der Waals surface area contributed by atoms with Gasteiger partial charge in [-0.05, 0) is 73.6 Å². The Kier molecular flexibility index (Phi) is 9.15. The first-order valence-corrected chi connectivity index (χ1v) is 17.1. The van der Waals surface area contributed by atoms with Gasteiger partial charge >= 0.3 is 0 Å². The van der Waals surface area contributed by atoms with Crippen LogP contribution in [0.1, 0.15) is 65.7 Å². The zero-order chi connectivity index (χ0) is 33.1. The molecular formula is C41H43N3O4. The Labute approximate surface area is 282 Å². The second-order valence-electron chi connectivity index (χ2n) is 13.1. The number of para-hydroxylation sites is 2. The fraction of sp³-hybridized carbons (Fsp3) is 0.317. The Balaban J connectivity index is 1.17. The molecule has 1 aliphatic carbocycles. The third-order valence-corrected chi connectivity index (χ3v) is 10.0. The third kappa shape index (κ3) is 6.53. The first-order valence-electron chi connectivity index (χ1n) is 17.1. The molecule has 3 N–H and O–H groups in total. The molecule has 0 radical (unpaired) electrons. The number of carbonyl (C=O) groups excluding carboxylic acids is 1. The average Bonchev–Trinajstić information content (AvgIpc) is 3.12. The average molecular weight is 642 g/mol. The third-order valence-electron chi connectivity index (χ3n) is 10.0. The van der Waals surface area contributed by atoms with Crippen LogP contribution in [0.4, 0.5) is 0 Å². The van der Waals surface area contributed by atoms with Crippen LogP contribution in [0.2, 0.25) is 0 Å². The first-order chi connectivity index (χ1) is 23.4. The lowest BCUT2D eigenvalue weighted by molar-refractivity contribution is -0.0382. The summed E-state index contributed by atoms with van der Waals surface area (Å²) in [5.74, 6) is 1.36. The van der Waals surface area contributed by atoms with E-state index in [2.05, 4.69) is 35.8 Å². The van der Waals surface area contributed by atoms with Crippen molar-refractivity contribution in [1.82, 2.24) is 15.6 Å². The molecule has 48 heavy (non-hydrogen) atoms. The van der Waals surface area contributed by atoms with Crippen molar-refractivity contribution in [2.75, 3.05) is 13.7 Å². The molecule has 0 saturated heterocycles. The van der Waals surface area contributed by atoms with Crippen molar-refractivity contribution in [2.24, 2.45) is 0 Å². The van der Waals surface area contributed by atoms with E-state index in [0.717, 1.165) is 53.5 Å². The maximum Gasteiger partial charge on any atom is 0.252 e. The number of nitrogens with zero attached hydrogens (tertiary/aromatic N) is 1. The van der Waals surface area contributed by atoms with Crippen molar-refractivity contribution in [3.05, 3.63) is 125 Å². The highest BCUT2D eigenvalue weighted by atomic mass is 16.5. The van der Waals surface area contributed by atoms with E-state index in [1.54, 1.807) is 7.11 Å². The molecule has 246 valence electrons. The van der Waals surface area contributed by atoms with Crippen LogP contribution in [0, 0.1) is 0 Å². The number of aliphatic hydroxyl groups is 1. The normalized spacial score (nSPS) is 17.5. The fourth-order valence-electron chi connectivity index (χ4n) is 7.16. The molecule has 1 aliphatic heterocycles. The number of aryl methyl sites for hydroxylation is 1. The zero-order valence-electron chi connectivity index (χ0n) is 27.6. The van der Waals surface area contributed by atoms with Crippen LogP contribution in [0.15, 0.2) is 103 Å². The van der Waals surface area contributed by atoms with E-state index in [1.807, 2.05) is 84.9 Å². The number of hydrogen-bond donors (Lipinski definition) is 3. The van der Waals surface area contributed by atoms with Gasteiger partial charge < -0.3 is 25.2 Å². The van der Waals surface area contributed by atoms with E-state index in [4.69, 9.17) is 14.5 Å². The second-order valence-corrected chi connectivity index (χ2v) is 13.1. The summed E-state index contributed by atoms with van der Waals surface area (Å²) >= 11 is 0. The Morgan fingerprint density at radius 2 is 1.75 bits per heavy atom. The summed E-state index contributed by atoms with van der Waals surface area (Å²) in [6.07, 6.45) is 4.70. The van der Waals surface area contributed by atoms with Crippen molar-refractivity contribution >= 4 is 16.8 Å². The number of amides is 1. The number of fused-ring (bicyclic) bond motifs is 2. The monoisotopic (exact) mass is 641 g/mol. The van der Waals surface area contributed by atoms with Gasteiger partial charge in [0, 0.05) is 35.5 Å². The molecule has 1 amide bonds. The van der Waals surface area contributed by atoms with Crippen LogP contribution in [0.3, 0.4) is 0 Å². The second kappa shape index (κ2) is 13.8. The highest BCUT2D eigenvalue weighted by molar-refractivity contribution is 6.07. The van der Waals surface area contributed by atoms with Gasteiger partial charge in [-0.15, -0.1) is 0 Å². The lowest BCUT2D eigenvalue weighted by Crippen LogP contribution is -2.52. The Morgan fingerprint density at radius 1 is 0.979 bits per heavy atom. The zero-order valence-corrected chi connectivity index (χ0v) is 27.6. The number of aliphatic hydroxyl groups excluding tert-OH is 1. The lowest BCUT2D eigenvalue weighted by Gasteiger charge is -2.48. The predicted molar refractivity (Wildman–Crippen MR) is 190 cm³/mol. The molecule has 1 saturated carbocycles. The van der Waals surface area contributed by atoms with Crippen molar-refractivity contribution in [3.63, 3.8) is 0 Å². The topological polar surface area (TPSA) is 92.7 Å². The Bertz CT molecular complexity index is 1910. The van der Waals surface area contributed by atoms with Gasteiger partial charge in [0.1, 0.15) is 17.1 Å². The van der Waals surface area contributed by atoms with Crippen LogP contribution < -0.4 is 20.1 Å². The molecule has 1 spiro atoms. The van der Waals surface area contributed by atoms with Gasteiger partial charge in [-0.3, -0.25) is 4.79 Å². The number of pyridine rings is 1. The van der Waals surface area contributed by atoms with Crippen molar-refractivity contribution < 1.29 is 19.4 Å². The molecule has 7 nitrogen and oxygen atoms in total. The van der Waals surface area contributed by atoms with Crippen LogP contribution in [0.5, 0.6) is 11.5 Å². The molecular weight excluding hydrogens is 598 g/mol. The minimum Gasteiger partial charge on any atom is -0.496 e. The molecule has 3 atom stereocenters. The molecule has 0 unspecified atom stereocenters. The number of carbonyl (C=O) groups is 1. The lowest BCUT2D eigenvalue weighted by atomic mass is 9.72. The van der Waals surface area contributed by atoms with Gasteiger partial charge in [0.05, 0.1) is 36.0 Å². The summed E-state index contributed by atoms with van der Waals surface area (Å²) in [5.41, 5.74) is 5.97. The summed E-state index contributed by atoms with van der Waals surface area (Å²) < 4.78 is 12.2. The van der Waals surface area contributed by atoms with E-state index in [1.165, 1.54) is 12.0 Å². The quantitative estimate of drug-likeness (QED) is 0.141. The number of methoxy groups -OCH3 is 1. The van der Waals surface area contributed by atoms with Gasteiger partial charge in [-0.25, -0.2) is 4.98 Å². The van der Waals surface area contributed by atoms with Gasteiger partial charge in [0.15, 0.2) is 0 Å². The largest absolute Gasteiger partial charge is 0.496 e. The summed E-state index contributed by atoms with van der Waals surface area (Å²) in [6.45, 7) is 2.48. The van der Waals surface area contributed by atoms with Gasteiger partial charge in [-0.2, -0.15) is 0 Å². The van der Waals surface area contributed by atoms with Crippen molar-refractivity contribution in [3.8, 4) is 22.8 Å². The highest BCUT2D eigenvalue weighted by Gasteiger charge is 2.45. The van der Waals surface area contributed by atoms with Crippen molar-refractivity contribution in [1.29, 1.82) is 0 Å². The molecule has 1 fully saturated rings. The van der Waals surface area contributed by atoms with E-state index >= 15 is 0 Å². The molecule has 7 rings (SSSR count). The van der Waals surface area contributed by atoms with E-state index in [-0.39, 0.29) is 17.6 Å². The predicted octanol–water partition coefficient (Wildman–Crippen LogP) is 7.21.